The molecule has 0 amide bonds. The van der Waals surface area contributed by atoms with E-state index < -0.39 is 17.4 Å². The van der Waals surface area contributed by atoms with Crippen LogP contribution in [0.2, 0.25) is 0 Å². The molecule has 1 saturated carbocycles. The molecular weight excluding hydrogens is 583 g/mol. The van der Waals surface area contributed by atoms with Gasteiger partial charge in [0.05, 0.1) is 38.9 Å². The van der Waals surface area contributed by atoms with Crippen LogP contribution in [0.5, 0.6) is 17.2 Å². The van der Waals surface area contributed by atoms with Crippen molar-refractivity contribution in [1.29, 1.82) is 0 Å². The van der Waals surface area contributed by atoms with Gasteiger partial charge in [-0.25, -0.2) is 24.1 Å². The van der Waals surface area contributed by atoms with Crippen LogP contribution in [0.4, 0.5) is 10.3 Å². The summed E-state index contributed by atoms with van der Waals surface area (Å²) >= 11 is 0. The molecule has 1 aliphatic rings. The van der Waals surface area contributed by atoms with Crippen molar-refractivity contribution < 1.29 is 33.2 Å². The summed E-state index contributed by atoms with van der Waals surface area (Å²) in [5.74, 6) is 1.21. The number of benzene rings is 2. The number of hydrogen-bond acceptors (Lipinski definition) is 11. The van der Waals surface area contributed by atoms with E-state index in [4.69, 9.17) is 34.0 Å². The molecule has 0 unspecified atom stereocenters. The first-order chi connectivity index (χ1) is 21.8. The minimum atomic E-state index is -1.16. The van der Waals surface area contributed by atoms with Gasteiger partial charge in [-0.3, -0.25) is 0 Å². The lowest BCUT2D eigenvalue weighted by molar-refractivity contribution is -0.0572. The lowest BCUT2D eigenvalue weighted by Crippen LogP contribution is -2.40. The van der Waals surface area contributed by atoms with E-state index in [1.54, 1.807) is 36.9 Å². The van der Waals surface area contributed by atoms with Crippen molar-refractivity contribution in [2.24, 2.45) is 0 Å². The molecule has 1 aliphatic carbocycles. The highest BCUT2D eigenvalue weighted by Gasteiger charge is 2.47. The van der Waals surface area contributed by atoms with E-state index in [0.29, 0.717) is 77.8 Å². The number of rotatable bonds is 11. The number of aromatic nitrogens is 5. The average molecular weight is 617 g/mol. The van der Waals surface area contributed by atoms with Gasteiger partial charge in [0.25, 0.3) is 0 Å². The molecule has 0 radical (unpaired) electrons. The lowest BCUT2D eigenvalue weighted by Gasteiger charge is -2.42. The van der Waals surface area contributed by atoms with Crippen molar-refractivity contribution in [3.8, 4) is 17.2 Å². The van der Waals surface area contributed by atoms with E-state index >= 15 is 0 Å². The van der Waals surface area contributed by atoms with Crippen molar-refractivity contribution in [3.05, 3.63) is 77.1 Å². The highest BCUT2D eigenvalue weighted by atomic mass is 19.1. The molecule has 45 heavy (non-hydrogen) atoms. The number of fused-ring (bicyclic) bond motifs is 3. The Balaban J connectivity index is 1.30. The first-order valence-corrected chi connectivity index (χ1v) is 14.5. The Kier molecular flexibility index (Phi) is 8.11. The zero-order chi connectivity index (χ0) is 31.7. The van der Waals surface area contributed by atoms with Crippen LogP contribution in [0.1, 0.15) is 59.5 Å². The van der Waals surface area contributed by atoms with Crippen molar-refractivity contribution in [2.75, 3.05) is 33.3 Å². The molecule has 1 fully saturated rings. The Morgan fingerprint density at radius 3 is 2.56 bits per heavy atom. The monoisotopic (exact) mass is 616 g/mol. The highest BCUT2D eigenvalue weighted by Crippen LogP contribution is 2.50. The smallest absolute Gasteiger partial charge is 0.356 e. The number of hydrogen-bond donors (Lipinski definition) is 2. The van der Waals surface area contributed by atoms with Gasteiger partial charge in [-0.2, -0.15) is 4.52 Å². The van der Waals surface area contributed by atoms with E-state index in [0.717, 1.165) is 5.56 Å². The molecule has 2 N–H and O–H groups in total. The minimum Gasteiger partial charge on any atom is -0.497 e. The molecule has 5 aromatic rings. The quantitative estimate of drug-likeness (QED) is 0.198. The fourth-order valence-corrected chi connectivity index (χ4v) is 5.51. The first kappa shape index (κ1) is 30.0. The number of ether oxygens (including phenoxy) is 4. The van der Waals surface area contributed by atoms with E-state index in [1.165, 1.54) is 25.4 Å². The standard InChI is InChI=1S/C32H33FN6O6/c1-5-10-45-30(40)24-9-7-20(17-34-24)32(41)14-19(15-32)28-37-29-23-11-21(33)12-26(44-4)27(23)36-31(39(29)38-28)35-16-18-6-8-22(42-2)13-25(18)43-3/h6-9,11-13,17,19,41H,5,10,14-16H2,1-4H3,(H,35,36)/t19-,32+. The summed E-state index contributed by atoms with van der Waals surface area (Å²) < 4.78 is 37.6. The van der Waals surface area contributed by atoms with E-state index in [1.807, 2.05) is 19.1 Å². The Hall–Kier alpha value is -5.04. The maximum atomic E-state index is 14.6. The molecular formula is C32H33FN6O6. The number of carbonyl (C=O) groups is 1. The summed E-state index contributed by atoms with van der Waals surface area (Å²) in [5, 5.41) is 19.9. The molecule has 12 nitrogen and oxygen atoms in total. The van der Waals surface area contributed by atoms with Gasteiger partial charge in [0.2, 0.25) is 5.95 Å². The normalized spacial score (nSPS) is 17.6. The Morgan fingerprint density at radius 2 is 1.87 bits per heavy atom. The van der Waals surface area contributed by atoms with Crippen molar-refractivity contribution in [2.45, 2.75) is 44.2 Å². The second-order valence-electron chi connectivity index (χ2n) is 10.9. The summed E-state index contributed by atoms with van der Waals surface area (Å²) in [6.07, 6.45) is 2.88. The zero-order valence-electron chi connectivity index (χ0n) is 25.3. The minimum absolute atomic E-state index is 0.183. The summed E-state index contributed by atoms with van der Waals surface area (Å²) in [5.41, 5.74) is 1.27. The summed E-state index contributed by atoms with van der Waals surface area (Å²) in [6, 6.07) is 11.4. The predicted octanol–water partition coefficient (Wildman–Crippen LogP) is 4.78. The topological polar surface area (TPSA) is 142 Å². The van der Waals surface area contributed by atoms with Crippen LogP contribution >= 0.6 is 0 Å². The van der Waals surface area contributed by atoms with Gasteiger partial charge >= 0.3 is 5.97 Å². The van der Waals surface area contributed by atoms with Crippen LogP contribution in [0.15, 0.2) is 48.7 Å². The molecule has 13 heteroatoms. The van der Waals surface area contributed by atoms with Crippen molar-refractivity contribution >= 4 is 28.5 Å². The van der Waals surface area contributed by atoms with Gasteiger partial charge in [0, 0.05) is 41.9 Å². The number of pyridine rings is 1. The van der Waals surface area contributed by atoms with E-state index in [-0.39, 0.29) is 17.4 Å². The highest BCUT2D eigenvalue weighted by molar-refractivity contribution is 5.96. The van der Waals surface area contributed by atoms with Gasteiger partial charge in [-0.1, -0.05) is 13.0 Å². The van der Waals surface area contributed by atoms with Crippen LogP contribution < -0.4 is 19.5 Å². The summed E-state index contributed by atoms with van der Waals surface area (Å²) in [6.45, 7) is 2.56. The van der Waals surface area contributed by atoms with Crippen LogP contribution in [0.25, 0.3) is 16.6 Å². The Bertz CT molecular complexity index is 1870. The fourth-order valence-electron chi connectivity index (χ4n) is 5.51. The SMILES string of the molecule is CCCOC(=O)c1ccc([C@]2(O)C[C@@H](c3nc4c5cc(F)cc(OC)c5nc(NCc5ccc(OC)cc5OC)n4n3)C2)cn1. The number of aliphatic hydroxyl groups is 1. The third-order valence-corrected chi connectivity index (χ3v) is 7.95. The largest absolute Gasteiger partial charge is 0.497 e. The first-order valence-electron chi connectivity index (χ1n) is 14.5. The van der Waals surface area contributed by atoms with Gasteiger partial charge in [-0.05, 0) is 43.5 Å². The van der Waals surface area contributed by atoms with Crippen LogP contribution in [0, 0.1) is 5.82 Å². The molecule has 0 spiro atoms. The molecule has 3 aromatic heterocycles. The van der Waals surface area contributed by atoms with E-state index in [9.17, 15) is 14.3 Å². The number of methoxy groups -OCH3 is 3. The van der Waals surface area contributed by atoms with Crippen LogP contribution in [0.3, 0.4) is 0 Å². The number of anilines is 1. The van der Waals surface area contributed by atoms with Gasteiger partial charge in [0.1, 0.15) is 34.3 Å². The summed E-state index contributed by atoms with van der Waals surface area (Å²) in [4.78, 5) is 25.9. The molecule has 2 aromatic carbocycles. The van der Waals surface area contributed by atoms with E-state index in [2.05, 4.69) is 10.3 Å². The molecule has 234 valence electrons. The number of esters is 1. The lowest BCUT2D eigenvalue weighted by atomic mass is 9.67. The van der Waals surface area contributed by atoms with Gasteiger partial charge in [0.15, 0.2) is 11.5 Å². The van der Waals surface area contributed by atoms with Crippen molar-refractivity contribution in [3.63, 3.8) is 0 Å². The maximum Gasteiger partial charge on any atom is 0.356 e. The average Bonchev–Trinajstić information content (AvgIpc) is 3.50. The number of halogens is 1. The second kappa shape index (κ2) is 12.2. The van der Waals surface area contributed by atoms with Gasteiger partial charge in [-0.15, -0.1) is 5.10 Å². The molecule has 0 saturated heterocycles. The third kappa shape index (κ3) is 5.66. The predicted molar refractivity (Wildman–Crippen MR) is 162 cm³/mol. The van der Waals surface area contributed by atoms with Gasteiger partial charge < -0.3 is 29.4 Å². The van der Waals surface area contributed by atoms with Crippen molar-refractivity contribution in [1.82, 2.24) is 24.6 Å². The molecule has 0 aliphatic heterocycles. The summed E-state index contributed by atoms with van der Waals surface area (Å²) in [7, 11) is 4.62. The van der Waals surface area contributed by atoms with Crippen LogP contribution in [-0.2, 0) is 16.9 Å². The molecule has 0 atom stereocenters. The Morgan fingerprint density at radius 1 is 1.07 bits per heavy atom. The number of nitrogens with zero attached hydrogens (tertiary/aromatic N) is 5. The Labute approximate surface area is 258 Å². The maximum absolute atomic E-state index is 14.6. The number of nitrogens with one attached hydrogen (secondary N) is 1. The second-order valence-corrected chi connectivity index (χ2v) is 10.9. The van der Waals surface area contributed by atoms with Crippen LogP contribution in [-0.4, -0.2) is 63.6 Å². The fraction of sp³-hybridized carbons (Fsp3) is 0.344. The zero-order valence-corrected chi connectivity index (χ0v) is 25.3. The molecule has 0 bridgehead atoms. The number of carbonyl (C=O) groups excluding carboxylic acids is 1. The molecule has 3 heterocycles. The third-order valence-electron chi connectivity index (χ3n) is 7.95. The molecule has 6 rings (SSSR count).